The first-order valence-corrected chi connectivity index (χ1v) is 3.16. The van der Waals surface area contributed by atoms with Gasteiger partial charge in [-0.15, -0.1) is 0 Å². The molecule has 0 saturated heterocycles. The van der Waals surface area contributed by atoms with E-state index >= 15 is 0 Å². The third kappa shape index (κ3) is 1.75. The van der Waals surface area contributed by atoms with Crippen LogP contribution < -0.4 is 0 Å². The van der Waals surface area contributed by atoms with E-state index in [1.54, 1.807) is 0 Å². The molecule has 0 aliphatic carbocycles. The van der Waals surface area contributed by atoms with Crippen LogP contribution in [0.5, 0.6) is 0 Å². The van der Waals surface area contributed by atoms with Crippen LogP contribution in [-0.2, 0) is 6.18 Å². The molecule has 1 rings (SSSR count). The van der Waals surface area contributed by atoms with Gasteiger partial charge in [-0.2, -0.15) is 13.2 Å². The second-order valence-electron chi connectivity index (χ2n) is 2.35. The predicted molar refractivity (Wildman–Crippen MR) is 35.0 cm³/mol. The van der Waals surface area contributed by atoms with Crippen molar-refractivity contribution in [3.63, 3.8) is 0 Å². The van der Waals surface area contributed by atoms with Gasteiger partial charge >= 0.3 is 6.18 Å². The molecule has 12 heavy (non-hydrogen) atoms. The van der Waals surface area contributed by atoms with Crippen LogP contribution in [0.1, 0.15) is 11.1 Å². The summed E-state index contributed by atoms with van der Waals surface area (Å²) in [6, 6.07) is 3.52. The van der Waals surface area contributed by atoms with Crippen LogP contribution in [0.4, 0.5) is 17.6 Å². The van der Waals surface area contributed by atoms with Crippen LogP contribution in [0, 0.1) is 18.8 Å². The van der Waals surface area contributed by atoms with Gasteiger partial charge < -0.3 is 0 Å². The highest BCUT2D eigenvalue weighted by Crippen LogP contribution is 2.31. The van der Waals surface area contributed by atoms with Gasteiger partial charge in [-0.25, -0.2) is 4.39 Å². The Balaban J connectivity index is 3.23. The standard InChI is InChI=1S/C8H5F4/c1-5-2-3-6(9)4-7(5)8(10,11)12/h3-4H,1H3. The lowest BCUT2D eigenvalue weighted by Crippen LogP contribution is -2.07. The van der Waals surface area contributed by atoms with Crippen LogP contribution >= 0.6 is 0 Å². The average Bonchev–Trinajstić information content (AvgIpc) is 1.92. The van der Waals surface area contributed by atoms with E-state index < -0.39 is 17.6 Å². The molecule has 0 bridgehead atoms. The summed E-state index contributed by atoms with van der Waals surface area (Å²) in [7, 11) is 0. The molecule has 0 aliphatic rings. The van der Waals surface area contributed by atoms with Crippen molar-refractivity contribution in [1.82, 2.24) is 0 Å². The number of benzene rings is 1. The molecule has 1 aromatic rings. The average molecular weight is 177 g/mol. The smallest absolute Gasteiger partial charge is 0.207 e. The predicted octanol–water partition coefficient (Wildman–Crippen LogP) is 2.95. The van der Waals surface area contributed by atoms with E-state index in [-0.39, 0.29) is 5.56 Å². The highest BCUT2D eigenvalue weighted by molar-refractivity contribution is 5.27. The molecule has 0 atom stereocenters. The number of hydrogen-bond acceptors (Lipinski definition) is 0. The third-order valence-corrected chi connectivity index (χ3v) is 1.42. The third-order valence-electron chi connectivity index (χ3n) is 1.42. The highest BCUT2D eigenvalue weighted by Gasteiger charge is 2.32. The zero-order valence-electron chi connectivity index (χ0n) is 6.17. The van der Waals surface area contributed by atoms with Crippen molar-refractivity contribution in [2.75, 3.05) is 0 Å². The molecular weight excluding hydrogens is 172 g/mol. The summed E-state index contributed by atoms with van der Waals surface area (Å²) >= 11 is 0. The van der Waals surface area contributed by atoms with Gasteiger partial charge in [0.1, 0.15) is 5.82 Å². The van der Waals surface area contributed by atoms with Gasteiger partial charge in [-0.1, -0.05) is 0 Å². The molecule has 0 amide bonds. The normalized spacial score (nSPS) is 11.8. The number of aryl methyl sites for hydroxylation is 1. The fourth-order valence-corrected chi connectivity index (χ4v) is 0.837. The van der Waals surface area contributed by atoms with Crippen molar-refractivity contribution in [3.05, 3.63) is 35.1 Å². The molecule has 0 heterocycles. The minimum absolute atomic E-state index is 0.0936. The topological polar surface area (TPSA) is 0 Å². The molecular formula is C8H5F4. The van der Waals surface area contributed by atoms with E-state index in [1.165, 1.54) is 6.92 Å². The molecule has 0 fully saturated rings. The minimum atomic E-state index is -4.50. The maximum Gasteiger partial charge on any atom is 0.416 e. The van der Waals surface area contributed by atoms with Gasteiger partial charge in [0.25, 0.3) is 0 Å². The molecule has 0 unspecified atom stereocenters. The summed E-state index contributed by atoms with van der Waals surface area (Å²) in [4.78, 5) is 0. The molecule has 0 saturated carbocycles. The lowest BCUT2D eigenvalue weighted by atomic mass is 10.1. The van der Waals surface area contributed by atoms with Crippen LogP contribution in [0.3, 0.4) is 0 Å². The first-order valence-electron chi connectivity index (χ1n) is 3.16. The number of alkyl halides is 3. The lowest BCUT2D eigenvalue weighted by Gasteiger charge is -2.08. The molecule has 0 nitrogen and oxygen atoms in total. The zero-order chi connectivity index (χ0) is 9.35. The number of rotatable bonds is 0. The van der Waals surface area contributed by atoms with Crippen LogP contribution in [0.2, 0.25) is 0 Å². The first-order chi connectivity index (χ1) is 5.41. The fraction of sp³-hybridized carbons (Fsp3) is 0.250. The zero-order valence-corrected chi connectivity index (χ0v) is 6.17. The van der Waals surface area contributed by atoms with Gasteiger partial charge in [-0.3, -0.25) is 0 Å². The Bertz CT molecular complexity index is 288. The SMILES string of the molecule is Cc1[c]cc(F)cc1C(F)(F)F. The van der Waals surface area contributed by atoms with Crippen molar-refractivity contribution in [3.8, 4) is 0 Å². The Morgan fingerprint density at radius 3 is 2.33 bits per heavy atom. The summed E-state index contributed by atoms with van der Waals surface area (Å²) in [5.41, 5.74) is -1.06. The van der Waals surface area contributed by atoms with Crippen LogP contribution in [0.25, 0.3) is 0 Å². The second kappa shape index (κ2) is 2.77. The van der Waals surface area contributed by atoms with Gasteiger partial charge in [-0.05, 0) is 30.7 Å². The molecule has 4 heteroatoms. The van der Waals surface area contributed by atoms with E-state index in [4.69, 9.17) is 0 Å². The van der Waals surface area contributed by atoms with Crippen LogP contribution in [-0.4, -0.2) is 0 Å². The summed E-state index contributed by atoms with van der Waals surface area (Å²) < 4.78 is 48.5. The Hall–Kier alpha value is -1.06. The summed E-state index contributed by atoms with van der Waals surface area (Å²) in [5.74, 6) is -0.923. The molecule has 0 aromatic heterocycles. The summed E-state index contributed by atoms with van der Waals surface area (Å²) in [6.07, 6.45) is -4.50. The second-order valence-corrected chi connectivity index (χ2v) is 2.35. The lowest BCUT2D eigenvalue weighted by molar-refractivity contribution is -0.138. The minimum Gasteiger partial charge on any atom is -0.207 e. The summed E-state index contributed by atoms with van der Waals surface area (Å²) in [6.45, 7) is 1.24. The molecule has 1 radical (unpaired) electrons. The van der Waals surface area contributed by atoms with Crippen molar-refractivity contribution in [2.45, 2.75) is 13.1 Å². The summed E-state index contributed by atoms with van der Waals surface area (Å²) in [5, 5.41) is 0. The molecule has 0 N–H and O–H groups in total. The largest absolute Gasteiger partial charge is 0.416 e. The number of halogens is 4. The van der Waals surface area contributed by atoms with E-state index in [9.17, 15) is 17.6 Å². The van der Waals surface area contributed by atoms with Crippen molar-refractivity contribution in [2.24, 2.45) is 0 Å². The molecule has 1 aromatic carbocycles. The fourth-order valence-electron chi connectivity index (χ4n) is 0.837. The Morgan fingerprint density at radius 1 is 1.33 bits per heavy atom. The monoisotopic (exact) mass is 177 g/mol. The van der Waals surface area contributed by atoms with Gasteiger partial charge in [0.15, 0.2) is 0 Å². The van der Waals surface area contributed by atoms with E-state index in [0.29, 0.717) is 6.07 Å². The molecule has 65 valence electrons. The maximum atomic E-state index is 12.3. The van der Waals surface area contributed by atoms with Crippen LogP contribution in [0.15, 0.2) is 12.1 Å². The van der Waals surface area contributed by atoms with Gasteiger partial charge in [0.05, 0.1) is 5.56 Å². The van der Waals surface area contributed by atoms with E-state index in [0.717, 1.165) is 6.07 Å². The van der Waals surface area contributed by atoms with Crippen molar-refractivity contribution < 1.29 is 17.6 Å². The Morgan fingerprint density at radius 2 is 1.92 bits per heavy atom. The van der Waals surface area contributed by atoms with E-state index in [2.05, 4.69) is 6.07 Å². The van der Waals surface area contributed by atoms with Gasteiger partial charge in [0, 0.05) is 0 Å². The number of hydrogen-bond donors (Lipinski definition) is 0. The van der Waals surface area contributed by atoms with Gasteiger partial charge in [0.2, 0.25) is 0 Å². The first kappa shape index (κ1) is 9.03. The molecule has 0 aliphatic heterocycles. The Kier molecular flexibility index (Phi) is 2.08. The van der Waals surface area contributed by atoms with E-state index in [1.807, 2.05) is 0 Å². The van der Waals surface area contributed by atoms with Crippen molar-refractivity contribution >= 4 is 0 Å². The highest BCUT2D eigenvalue weighted by atomic mass is 19.4. The van der Waals surface area contributed by atoms with Crippen molar-refractivity contribution in [1.29, 1.82) is 0 Å². The quantitative estimate of drug-likeness (QED) is 0.534. The Labute approximate surface area is 66.8 Å². The molecule has 0 spiro atoms. The maximum absolute atomic E-state index is 12.3.